The Morgan fingerprint density at radius 3 is 2.25 bits per heavy atom. The first-order valence-electron chi connectivity index (χ1n) is 10.0. The third-order valence-corrected chi connectivity index (χ3v) is 4.66. The van der Waals surface area contributed by atoms with Crippen molar-refractivity contribution in [2.45, 2.75) is 59.5 Å². The molecule has 1 rings (SSSR count). The second-order valence-electron chi connectivity index (χ2n) is 7.99. The van der Waals surface area contributed by atoms with Crippen molar-refractivity contribution in [3.63, 3.8) is 0 Å². The summed E-state index contributed by atoms with van der Waals surface area (Å²) in [6.45, 7) is 6.89. The van der Waals surface area contributed by atoms with Gasteiger partial charge in [0.05, 0.1) is 6.61 Å². The van der Waals surface area contributed by atoms with Crippen LogP contribution in [0.3, 0.4) is 0 Å². The van der Waals surface area contributed by atoms with Gasteiger partial charge in [0.1, 0.15) is 5.60 Å². The molecular formula is C22H28BrNO8. The van der Waals surface area contributed by atoms with Crippen molar-refractivity contribution in [3.8, 4) is 0 Å². The molecule has 0 fully saturated rings. The van der Waals surface area contributed by atoms with E-state index in [4.69, 9.17) is 14.2 Å². The standard InChI is InChI=1S/C22H28BrNO8/c1-6-30-18(27)8-7-9-22(17(26)13-31-14(2)25,20(29)32-21(3,4)5)19(28)15-10-16(23)12-24-11-15/h10-12H,6-9,13H2,1-5H3. The summed E-state index contributed by atoms with van der Waals surface area (Å²) in [5.74, 6) is -4.18. The highest BCUT2D eigenvalue weighted by molar-refractivity contribution is 9.10. The quantitative estimate of drug-likeness (QED) is 0.189. The van der Waals surface area contributed by atoms with Gasteiger partial charge in [-0.2, -0.15) is 0 Å². The van der Waals surface area contributed by atoms with Gasteiger partial charge in [0, 0.05) is 35.8 Å². The smallest absolute Gasteiger partial charge is 0.328 e. The van der Waals surface area contributed by atoms with E-state index < -0.39 is 47.1 Å². The molecule has 0 aliphatic heterocycles. The zero-order valence-corrected chi connectivity index (χ0v) is 20.4. The average Bonchev–Trinajstić information content (AvgIpc) is 2.67. The maximum Gasteiger partial charge on any atom is 0.328 e. The van der Waals surface area contributed by atoms with E-state index in [0.717, 1.165) is 6.92 Å². The van der Waals surface area contributed by atoms with Gasteiger partial charge in [-0.25, -0.2) is 0 Å². The zero-order valence-electron chi connectivity index (χ0n) is 18.9. The predicted octanol–water partition coefficient (Wildman–Crippen LogP) is 3.22. The molecule has 32 heavy (non-hydrogen) atoms. The van der Waals surface area contributed by atoms with Crippen LogP contribution in [-0.2, 0) is 33.4 Å². The van der Waals surface area contributed by atoms with Gasteiger partial charge < -0.3 is 14.2 Å². The summed E-state index contributed by atoms with van der Waals surface area (Å²) in [6.07, 6.45) is 2.18. The van der Waals surface area contributed by atoms with Crippen LogP contribution in [0, 0.1) is 5.41 Å². The van der Waals surface area contributed by atoms with Gasteiger partial charge in [0.15, 0.2) is 23.6 Å². The molecule has 1 aromatic rings. The number of Topliss-reactive ketones (excluding diaryl/α,β-unsaturated/α-hetero) is 2. The van der Waals surface area contributed by atoms with E-state index in [1.165, 1.54) is 18.5 Å². The Hall–Kier alpha value is -2.62. The lowest BCUT2D eigenvalue weighted by atomic mass is 9.73. The largest absolute Gasteiger partial charge is 0.466 e. The first-order valence-corrected chi connectivity index (χ1v) is 10.8. The number of esters is 3. The van der Waals surface area contributed by atoms with Gasteiger partial charge in [-0.15, -0.1) is 0 Å². The number of aromatic nitrogens is 1. The fourth-order valence-electron chi connectivity index (χ4n) is 2.86. The lowest BCUT2D eigenvalue weighted by Crippen LogP contribution is -2.51. The summed E-state index contributed by atoms with van der Waals surface area (Å²) in [7, 11) is 0. The molecule has 1 heterocycles. The second kappa shape index (κ2) is 11.8. The molecule has 9 nitrogen and oxygen atoms in total. The molecule has 1 aromatic heterocycles. The van der Waals surface area contributed by atoms with Crippen molar-refractivity contribution in [2.75, 3.05) is 13.2 Å². The van der Waals surface area contributed by atoms with Gasteiger partial charge >= 0.3 is 17.9 Å². The van der Waals surface area contributed by atoms with Crippen LogP contribution in [0.4, 0.5) is 0 Å². The summed E-state index contributed by atoms with van der Waals surface area (Å²) in [4.78, 5) is 67.2. The molecule has 1 unspecified atom stereocenters. The first-order chi connectivity index (χ1) is 14.8. The van der Waals surface area contributed by atoms with Crippen molar-refractivity contribution in [2.24, 2.45) is 5.41 Å². The van der Waals surface area contributed by atoms with Crippen LogP contribution in [0.15, 0.2) is 22.9 Å². The van der Waals surface area contributed by atoms with E-state index in [9.17, 15) is 24.0 Å². The number of hydrogen-bond acceptors (Lipinski definition) is 9. The van der Waals surface area contributed by atoms with Crippen LogP contribution in [0.1, 0.15) is 64.2 Å². The molecule has 0 saturated heterocycles. The summed E-state index contributed by atoms with van der Waals surface area (Å²) >= 11 is 3.21. The molecule has 0 aliphatic carbocycles. The minimum absolute atomic E-state index is 0.0162. The van der Waals surface area contributed by atoms with E-state index in [1.54, 1.807) is 27.7 Å². The highest BCUT2D eigenvalue weighted by Gasteiger charge is 2.54. The highest BCUT2D eigenvalue weighted by atomic mass is 79.9. The van der Waals surface area contributed by atoms with Gasteiger partial charge in [0.2, 0.25) is 0 Å². The zero-order chi connectivity index (χ0) is 24.5. The van der Waals surface area contributed by atoms with Gasteiger partial charge in [-0.1, -0.05) is 0 Å². The van der Waals surface area contributed by atoms with E-state index in [1.807, 2.05) is 0 Å². The van der Waals surface area contributed by atoms with Gasteiger partial charge in [0.25, 0.3) is 0 Å². The van der Waals surface area contributed by atoms with Crippen LogP contribution in [0.5, 0.6) is 0 Å². The topological polar surface area (TPSA) is 126 Å². The second-order valence-corrected chi connectivity index (χ2v) is 8.91. The number of carbonyl (C=O) groups is 5. The summed E-state index contributed by atoms with van der Waals surface area (Å²) in [6, 6.07) is 1.42. The Kier molecular flexibility index (Phi) is 10.1. The Morgan fingerprint density at radius 1 is 1.06 bits per heavy atom. The SMILES string of the molecule is CCOC(=O)CCCC(C(=O)COC(C)=O)(C(=O)OC(C)(C)C)C(=O)c1cncc(Br)c1. The highest BCUT2D eigenvalue weighted by Crippen LogP contribution is 2.35. The minimum Gasteiger partial charge on any atom is -0.466 e. The fourth-order valence-corrected chi connectivity index (χ4v) is 3.22. The third kappa shape index (κ3) is 7.81. The summed E-state index contributed by atoms with van der Waals surface area (Å²) in [5.41, 5.74) is -3.36. The Balaban J connectivity index is 3.50. The average molecular weight is 514 g/mol. The number of pyridine rings is 1. The monoisotopic (exact) mass is 513 g/mol. The van der Waals surface area contributed by atoms with E-state index in [0.29, 0.717) is 4.47 Å². The van der Waals surface area contributed by atoms with Gasteiger partial charge in [-0.3, -0.25) is 29.0 Å². The lowest BCUT2D eigenvalue weighted by Gasteiger charge is -2.32. The molecule has 0 saturated carbocycles. The Bertz CT molecular complexity index is 877. The molecule has 0 spiro atoms. The normalized spacial score (nSPS) is 12.9. The van der Waals surface area contributed by atoms with Crippen LogP contribution in [0.25, 0.3) is 0 Å². The molecular weight excluding hydrogens is 486 g/mol. The molecule has 176 valence electrons. The van der Waals surface area contributed by atoms with E-state index >= 15 is 0 Å². The van der Waals surface area contributed by atoms with E-state index in [2.05, 4.69) is 20.9 Å². The number of nitrogens with zero attached hydrogens (tertiary/aromatic N) is 1. The van der Waals surface area contributed by atoms with Gasteiger partial charge in [-0.05, 0) is 62.5 Å². The van der Waals surface area contributed by atoms with Crippen LogP contribution >= 0.6 is 15.9 Å². The third-order valence-electron chi connectivity index (χ3n) is 4.22. The van der Waals surface area contributed by atoms with Crippen molar-refractivity contribution in [3.05, 3.63) is 28.5 Å². The summed E-state index contributed by atoms with van der Waals surface area (Å²) in [5, 5.41) is 0. The molecule has 0 radical (unpaired) electrons. The summed E-state index contributed by atoms with van der Waals surface area (Å²) < 4.78 is 15.6. The number of ether oxygens (including phenoxy) is 3. The Labute approximate surface area is 195 Å². The van der Waals surface area contributed by atoms with Crippen LogP contribution in [0.2, 0.25) is 0 Å². The van der Waals surface area contributed by atoms with Crippen molar-refractivity contribution in [1.29, 1.82) is 0 Å². The van der Waals surface area contributed by atoms with Crippen molar-refractivity contribution >= 4 is 45.4 Å². The molecule has 0 aliphatic rings. The Morgan fingerprint density at radius 2 is 1.72 bits per heavy atom. The molecule has 10 heteroatoms. The molecule has 1 atom stereocenters. The molecule has 0 bridgehead atoms. The predicted molar refractivity (Wildman–Crippen MR) is 117 cm³/mol. The number of carbonyl (C=O) groups excluding carboxylic acids is 5. The van der Waals surface area contributed by atoms with E-state index in [-0.39, 0.29) is 31.4 Å². The maximum atomic E-state index is 13.6. The number of hydrogen-bond donors (Lipinski definition) is 0. The van der Waals surface area contributed by atoms with Crippen LogP contribution in [-0.4, -0.2) is 53.3 Å². The lowest BCUT2D eigenvalue weighted by molar-refractivity contribution is -0.170. The fraction of sp³-hybridized carbons (Fsp3) is 0.545. The first kappa shape index (κ1) is 27.4. The number of ketones is 2. The van der Waals surface area contributed by atoms with Crippen molar-refractivity contribution < 1.29 is 38.2 Å². The minimum atomic E-state index is -2.34. The van der Waals surface area contributed by atoms with Crippen molar-refractivity contribution in [1.82, 2.24) is 4.98 Å². The molecule has 0 N–H and O–H groups in total. The number of halogens is 1. The van der Waals surface area contributed by atoms with Crippen LogP contribution < -0.4 is 0 Å². The molecule has 0 aromatic carbocycles. The number of rotatable bonds is 11. The maximum absolute atomic E-state index is 13.6. The molecule has 0 amide bonds.